The number of hydrogen-bond donors (Lipinski definition) is 2. The smallest absolute Gasteiger partial charge is 0.240 e. The topological polar surface area (TPSA) is 76.7 Å². The quantitative estimate of drug-likeness (QED) is 0.785. The van der Waals surface area contributed by atoms with E-state index in [0.717, 1.165) is 29.0 Å². The summed E-state index contributed by atoms with van der Waals surface area (Å²) in [6, 6.07) is 5.95. The Bertz CT molecular complexity index is 497. The van der Waals surface area contributed by atoms with E-state index in [9.17, 15) is 4.79 Å². The van der Waals surface area contributed by atoms with Crippen molar-refractivity contribution >= 4 is 11.6 Å². The van der Waals surface area contributed by atoms with Crippen molar-refractivity contribution in [2.45, 2.75) is 26.2 Å². The zero-order valence-corrected chi connectivity index (χ0v) is 11.1. The summed E-state index contributed by atoms with van der Waals surface area (Å²) >= 11 is 0. The van der Waals surface area contributed by atoms with Crippen LogP contribution < -0.4 is 15.9 Å². The lowest BCUT2D eigenvalue weighted by Crippen LogP contribution is -2.25. The van der Waals surface area contributed by atoms with Crippen LogP contribution in [0.15, 0.2) is 23.3 Å². The highest BCUT2D eigenvalue weighted by atomic mass is 16.5. The molecule has 1 heterocycles. The Hall–Kier alpha value is -1.88. The monoisotopic (exact) mass is 261 g/mol. The molecular formula is C14H19N3O2. The number of hydrogen-bond acceptors (Lipinski definition) is 4. The van der Waals surface area contributed by atoms with E-state index < -0.39 is 0 Å². The predicted molar refractivity (Wildman–Crippen MR) is 74.3 cm³/mol. The number of rotatable bonds is 5. The molecule has 0 aliphatic carbocycles. The molecule has 0 saturated carbocycles. The van der Waals surface area contributed by atoms with E-state index in [1.54, 1.807) is 0 Å². The maximum absolute atomic E-state index is 11.1. The zero-order chi connectivity index (χ0) is 13.7. The van der Waals surface area contributed by atoms with Gasteiger partial charge >= 0.3 is 0 Å². The zero-order valence-electron chi connectivity index (χ0n) is 11.1. The molecule has 0 fully saturated rings. The molecule has 0 atom stereocenters. The first-order chi connectivity index (χ1) is 9.20. The van der Waals surface area contributed by atoms with Crippen LogP contribution >= 0.6 is 0 Å². The number of ether oxygens (including phenoxy) is 1. The summed E-state index contributed by atoms with van der Waals surface area (Å²) in [6.07, 6.45) is 2.02. The van der Waals surface area contributed by atoms with E-state index in [-0.39, 0.29) is 5.91 Å². The summed E-state index contributed by atoms with van der Waals surface area (Å²) in [4.78, 5) is 11.1. The first-order valence-electron chi connectivity index (χ1n) is 6.50. The molecule has 102 valence electrons. The minimum Gasteiger partial charge on any atom is -0.493 e. The average molecular weight is 261 g/mol. The van der Waals surface area contributed by atoms with Crippen molar-refractivity contribution in [3.63, 3.8) is 0 Å². The number of aryl methyl sites for hydroxylation is 1. The molecule has 0 radical (unpaired) electrons. The lowest BCUT2D eigenvalue weighted by atomic mass is 10.0. The van der Waals surface area contributed by atoms with Crippen LogP contribution in [0.3, 0.4) is 0 Å². The molecule has 0 spiro atoms. The third kappa shape index (κ3) is 3.54. The molecule has 5 nitrogen and oxygen atoms in total. The molecule has 0 aromatic heterocycles. The summed E-state index contributed by atoms with van der Waals surface area (Å²) in [5.74, 6) is 0.847. The fourth-order valence-corrected chi connectivity index (χ4v) is 1.94. The fraction of sp³-hybridized carbons (Fsp3) is 0.429. The van der Waals surface area contributed by atoms with E-state index in [1.807, 2.05) is 25.1 Å². The molecule has 1 aromatic carbocycles. The van der Waals surface area contributed by atoms with Gasteiger partial charge in [0.25, 0.3) is 0 Å². The minimum atomic E-state index is -0.0257. The second kappa shape index (κ2) is 6.33. The Morgan fingerprint density at radius 1 is 1.42 bits per heavy atom. The van der Waals surface area contributed by atoms with E-state index in [4.69, 9.17) is 10.5 Å². The molecule has 3 N–H and O–H groups in total. The van der Waals surface area contributed by atoms with Gasteiger partial charge in [-0.25, -0.2) is 5.43 Å². The number of benzene rings is 1. The standard InChI is InChI=1S/C14H19N3O2/c1-10-9-11(12-4-6-14(18)17-16-12)3-5-13(10)19-8-2-7-15/h3,5,9H,2,4,6-8,15H2,1H3,(H,17,18). The third-order valence-corrected chi connectivity index (χ3v) is 3.02. The highest BCUT2D eigenvalue weighted by Gasteiger charge is 2.14. The van der Waals surface area contributed by atoms with Crippen LogP contribution in [0.1, 0.15) is 30.4 Å². The molecule has 0 unspecified atom stereocenters. The number of nitrogens with one attached hydrogen (secondary N) is 1. The maximum Gasteiger partial charge on any atom is 0.240 e. The molecule has 1 aromatic rings. The van der Waals surface area contributed by atoms with Crippen molar-refractivity contribution in [2.24, 2.45) is 10.8 Å². The average Bonchev–Trinajstić information content (AvgIpc) is 2.42. The Morgan fingerprint density at radius 2 is 2.26 bits per heavy atom. The first-order valence-corrected chi connectivity index (χ1v) is 6.50. The van der Waals surface area contributed by atoms with E-state index >= 15 is 0 Å². The summed E-state index contributed by atoms with van der Waals surface area (Å²) in [6.45, 7) is 3.27. The first kappa shape index (κ1) is 13.5. The third-order valence-electron chi connectivity index (χ3n) is 3.02. The Labute approximate surface area is 112 Å². The number of carbonyl (C=O) groups excluding carboxylic acids is 1. The molecule has 19 heavy (non-hydrogen) atoms. The van der Waals surface area contributed by atoms with Gasteiger partial charge in [-0.2, -0.15) is 5.10 Å². The van der Waals surface area contributed by atoms with Crippen molar-refractivity contribution in [3.05, 3.63) is 29.3 Å². The lowest BCUT2D eigenvalue weighted by Gasteiger charge is -2.14. The normalized spacial score (nSPS) is 14.8. The number of nitrogens with zero attached hydrogens (tertiary/aromatic N) is 1. The van der Waals surface area contributed by atoms with Gasteiger partial charge in [0.2, 0.25) is 5.91 Å². The molecule has 2 rings (SSSR count). The van der Waals surface area contributed by atoms with Crippen molar-refractivity contribution in [1.29, 1.82) is 0 Å². The Balaban J connectivity index is 2.08. The number of nitrogens with two attached hydrogens (primary N) is 1. The predicted octanol–water partition coefficient (Wildman–Crippen LogP) is 1.34. The van der Waals surface area contributed by atoms with Crippen molar-refractivity contribution in [3.8, 4) is 5.75 Å². The molecule has 1 aliphatic heterocycles. The van der Waals surface area contributed by atoms with Crippen LogP contribution in [0.4, 0.5) is 0 Å². The maximum atomic E-state index is 11.1. The van der Waals surface area contributed by atoms with Crippen LogP contribution in [0.25, 0.3) is 0 Å². The highest BCUT2D eigenvalue weighted by molar-refractivity contribution is 6.04. The Kier molecular flexibility index (Phi) is 4.52. The molecule has 0 saturated heterocycles. The van der Waals surface area contributed by atoms with Crippen LogP contribution in [0, 0.1) is 6.92 Å². The van der Waals surface area contributed by atoms with Crippen LogP contribution in [0.2, 0.25) is 0 Å². The summed E-state index contributed by atoms with van der Waals surface area (Å²) in [5.41, 5.74) is 11.0. The van der Waals surface area contributed by atoms with Crippen molar-refractivity contribution in [1.82, 2.24) is 5.43 Å². The molecule has 1 aliphatic rings. The van der Waals surface area contributed by atoms with Gasteiger partial charge < -0.3 is 10.5 Å². The minimum absolute atomic E-state index is 0.0257. The van der Waals surface area contributed by atoms with Crippen molar-refractivity contribution < 1.29 is 9.53 Å². The number of amides is 1. The second-order valence-corrected chi connectivity index (χ2v) is 4.56. The van der Waals surface area contributed by atoms with Crippen molar-refractivity contribution in [2.75, 3.05) is 13.2 Å². The highest BCUT2D eigenvalue weighted by Crippen LogP contribution is 2.21. The van der Waals surface area contributed by atoms with Gasteiger partial charge in [-0.3, -0.25) is 4.79 Å². The fourth-order valence-electron chi connectivity index (χ4n) is 1.94. The van der Waals surface area contributed by atoms with Gasteiger partial charge in [-0.05, 0) is 49.2 Å². The summed E-state index contributed by atoms with van der Waals surface area (Å²) in [7, 11) is 0. The van der Waals surface area contributed by atoms with Crippen LogP contribution in [0.5, 0.6) is 5.75 Å². The van der Waals surface area contributed by atoms with Gasteiger partial charge in [0.05, 0.1) is 12.3 Å². The summed E-state index contributed by atoms with van der Waals surface area (Å²) in [5, 5.41) is 4.09. The van der Waals surface area contributed by atoms with Gasteiger partial charge in [0, 0.05) is 12.8 Å². The Morgan fingerprint density at radius 3 is 2.89 bits per heavy atom. The summed E-state index contributed by atoms with van der Waals surface area (Å²) < 4.78 is 5.65. The van der Waals surface area contributed by atoms with Gasteiger partial charge in [0.15, 0.2) is 0 Å². The van der Waals surface area contributed by atoms with E-state index in [1.165, 1.54) is 0 Å². The number of hydrazone groups is 1. The molecular weight excluding hydrogens is 242 g/mol. The lowest BCUT2D eigenvalue weighted by molar-refractivity contribution is -0.121. The second-order valence-electron chi connectivity index (χ2n) is 4.56. The molecule has 5 heteroatoms. The van der Waals surface area contributed by atoms with Gasteiger partial charge in [-0.15, -0.1) is 0 Å². The largest absolute Gasteiger partial charge is 0.493 e. The number of carbonyl (C=O) groups is 1. The van der Waals surface area contributed by atoms with Gasteiger partial charge in [-0.1, -0.05) is 0 Å². The van der Waals surface area contributed by atoms with E-state index in [2.05, 4.69) is 10.5 Å². The van der Waals surface area contributed by atoms with E-state index in [0.29, 0.717) is 26.0 Å². The van der Waals surface area contributed by atoms with Crippen LogP contribution in [-0.4, -0.2) is 24.8 Å². The molecule has 0 bridgehead atoms. The molecule has 1 amide bonds. The van der Waals surface area contributed by atoms with Crippen LogP contribution in [-0.2, 0) is 4.79 Å². The SMILES string of the molecule is Cc1cc(C2=NNC(=O)CC2)ccc1OCCCN. The van der Waals surface area contributed by atoms with Gasteiger partial charge in [0.1, 0.15) is 5.75 Å².